The molecule has 1 unspecified atom stereocenters. The molecule has 3 nitrogen and oxygen atoms in total. The van der Waals surface area contributed by atoms with Crippen LogP contribution in [0.25, 0.3) is 0 Å². The minimum absolute atomic E-state index is 0.212. The summed E-state index contributed by atoms with van der Waals surface area (Å²) in [5.41, 5.74) is 1.32. The van der Waals surface area contributed by atoms with E-state index in [-0.39, 0.29) is 5.92 Å². The molecule has 0 N–H and O–H groups in total. The summed E-state index contributed by atoms with van der Waals surface area (Å²) in [5, 5.41) is 0. The molecule has 1 amide bonds. The molecule has 2 fully saturated rings. The van der Waals surface area contributed by atoms with Gasteiger partial charge in [0.05, 0.1) is 5.92 Å². The second kappa shape index (κ2) is 6.93. The first-order valence-electron chi connectivity index (χ1n) is 7.98. The molecule has 0 saturated carbocycles. The summed E-state index contributed by atoms with van der Waals surface area (Å²) in [6, 6.07) is 8.47. The van der Waals surface area contributed by atoms with Crippen molar-refractivity contribution in [2.45, 2.75) is 32.2 Å². The third kappa shape index (κ3) is 3.86. The van der Waals surface area contributed by atoms with Gasteiger partial charge in [-0.2, -0.15) is 0 Å². The lowest BCUT2D eigenvalue weighted by molar-refractivity contribution is -0.136. The first-order valence-corrected chi connectivity index (χ1v) is 8.77. The summed E-state index contributed by atoms with van der Waals surface area (Å²) in [4.78, 5) is 17.1. The Kier molecular flexibility index (Phi) is 4.96. The minimum Gasteiger partial charge on any atom is -0.342 e. The number of nitrogens with zero attached hydrogens (tertiary/aromatic N) is 2. The summed E-state index contributed by atoms with van der Waals surface area (Å²) in [7, 11) is 0. The van der Waals surface area contributed by atoms with E-state index in [9.17, 15) is 4.79 Å². The van der Waals surface area contributed by atoms with E-state index >= 15 is 0 Å². The van der Waals surface area contributed by atoms with Gasteiger partial charge in [0.25, 0.3) is 0 Å². The van der Waals surface area contributed by atoms with Gasteiger partial charge in [-0.25, -0.2) is 0 Å². The van der Waals surface area contributed by atoms with Crippen LogP contribution in [0.2, 0.25) is 0 Å². The molecule has 114 valence electrons. The third-order valence-corrected chi connectivity index (χ3v) is 5.06. The number of rotatable bonds is 3. The monoisotopic (exact) mass is 350 g/mol. The Hall–Kier alpha value is -0.870. The van der Waals surface area contributed by atoms with Gasteiger partial charge in [0.1, 0.15) is 0 Å². The van der Waals surface area contributed by atoms with E-state index in [0.717, 1.165) is 50.0 Å². The van der Waals surface area contributed by atoms with E-state index in [0.29, 0.717) is 5.91 Å². The Morgan fingerprint density at radius 2 is 2.00 bits per heavy atom. The fraction of sp³-hybridized carbons (Fsp3) is 0.588. The number of likely N-dealkylation sites (tertiary alicyclic amines) is 2. The van der Waals surface area contributed by atoms with Crippen LogP contribution in [0.1, 0.15) is 31.2 Å². The molecule has 1 atom stereocenters. The number of halogens is 1. The second-order valence-electron chi connectivity index (χ2n) is 6.24. The highest BCUT2D eigenvalue weighted by Crippen LogP contribution is 2.23. The molecule has 1 aromatic carbocycles. The lowest BCUT2D eigenvalue weighted by Crippen LogP contribution is -2.43. The average Bonchev–Trinajstić information content (AvgIpc) is 3.01. The predicted molar refractivity (Wildman–Crippen MR) is 88.0 cm³/mol. The number of piperidine rings is 1. The van der Waals surface area contributed by atoms with Gasteiger partial charge < -0.3 is 4.90 Å². The number of carbonyl (C=O) groups is 1. The van der Waals surface area contributed by atoms with Crippen molar-refractivity contribution in [2.75, 3.05) is 26.2 Å². The van der Waals surface area contributed by atoms with E-state index in [1.807, 2.05) is 0 Å². The highest BCUT2D eigenvalue weighted by molar-refractivity contribution is 9.10. The molecule has 2 aliphatic heterocycles. The summed E-state index contributed by atoms with van der Waals surface area (Å²) >= 11 is 3.53. The van der Waals surface area contributed by atoms with Gasteiger partial charge in [-0.3, -0.25) is 9.69 Å². The van der Waals surface area contributed by atoms with E-state index in [2.05, 4.69) is 50.0 Å². The molecule has 1 aromatic rings. The third-order valence-electron chi connectivity index (χ3n) is 4.57. The maximum absolute atomic E-state index is 12.5. The minimum atomic E-state index is 0.212. The van der Waals surface area contributed by atoms with Crippen molar-refractivity contribution >= 4 is 21.8 Å². The first-order chi connectivity index (χ1) is 10.2. The fourth-order valence-electron chi connectivity index (χ4n) is 3.49. The topological polar surface area (TPSA) is 23.6 Å². The smallest absolute Gasteiger partial charge is 0.226 e. The summed E-state index contributed by atoms with van der Waals surface area (Å²) < 4.78 is 1.13. The molecule has 3 rings (SSSR count). The Morgan fingerprint density at radius 3 is 2.76 bits per heavy atom. The van der Waals surface area contributed by atoms with E-state index in [1.54, 1.807) is 0 Å². The van der Waals surface area contributed by atoms with E-state index in [1.165, 1.54) is 18.4 Å². The highest BCUT2D eigenvalue weighted by atomic mass is 79.9. The lowest BCUT2D eigenvalue weighted by Gasteiger charge is -2.34. The van der Waals surface area contributed by atoms with Gasteiger partial charge in [0, 0.05) is 30.7 Å². The SMILES string of the molecule is O=C(C1CCCN(Cc2cccc(Br)c2)C1)N1CCCC1. The average molecular weight is 351 g/mol. The van der Waals surface area contributed by atoms with Crippen molar-refractivity contribution in [3.63, 3.8) is 0 Å². The van der Waals surface area contributed by atoms with Gasteiger partial charge in [0.2, 0.25) is 5.91 Å². The Morgan fingerprint density at radius 1 is 1.19 bits per heavy atom. The van der Waals surface area contributed by atoms with Crippen LogP contribution in [0.15, 0.2) is 28.7 Å². The van der Waals surface area contributed by atoms with Crippen LogP contribution >= 0.6 is 15.9 Å². The van der Waals surface area contributed by atoms with Crippen molar-refractivity contribution in [1.29, 1.82) is 0 Å². The summed E-state index contributed by atoms with van der Waals surface area (Å²) in [6.45, 7) is 4.92. The Balaban J connectivity index is 1.59. The number of carbonyl (C=O) groups excluding carboxylic acids is 1. The molecule has 2 heterocycles. The van der Waals surface area contributed by atoms with Crippen LogP contribution in [0.4, 0.5) is 0 Å². The zero-order valence-corrected chi connectivity index (χ0v) is 14.0. The molecular formula is C17H23BrN2O. The van der Waals surface area contributed by atoms with Gasteiger partial charge in [-0.05, 0) is 49.9 Å². The van der Waals surface area contributed by atoms with E-state index < -0.39 is 0 Å². The van der Waals surface area contributed by atoms with Crippen molar-refractivity contribution in [3.8, 4) is 0 Å². The second-order valence-corrected chi connectivity index (χ2v) is 7.15. The van der Waals surface area contributed by atoms with Crippen molar-refractivity contribution in [1.82, 2.24) is 9.80 Å². The number of benzene rings is 1. The zero-order valence-electron chi connectivity index (χ0n) is 12.4. The molecule has 0 bridgehead atoms. The predicted octanol–water partition coefficient (Wildman–Crippen LogP) is 3.28. The van der Waals surface area contributed by atoms with Gasteiger partial charge >= 0.3 is 0 Å². The highest BCUT2D eigenvalue weighted by Gasteiger charge is 2.30. The van der Waals surface area contributed by atoms with Crippen LogP contribution in [0.5, 0.6) is 0 Å². The standard InChI is InChI=1S/C17H23BrN2O/c18-16-7-3-5-14(11-16)12-19-8-4-6-15(13-19)17(21)20-9-1-2-10-20/h3,5,7,11,15H,1-2,4,6,8-10,12-13H2. The lowest BCUT2D eigenvalue weighted by atomic mass is 9.96. The van der Waals surface area contributed by atoms with Crippen molar-refractivity contribution in [2.24, 2.45) is 5.92 Å². The molecule has 21 heavy (non-hydrogen) atoms. The molecule has 0 radical (unpaired) electrons. The van der Waals surface area contributed by atoms with Crippen LogP contribution in [-0.2, 0) is 11.3 Å². The molecule has 0 aliphatic carbocycles. The van der Waals surface area contributed by atoms with E-state index in [4.69, 9.17) is 0 Å². The van der Waals surface area contributed by atoms with Gasteiger partial charge in [-0.1, -0.05) is 28.1 Å². The Labute approximate surface area is 135 Å². The number of hydrogen-bond donors (Lipinski definition) is 0. The number of hydrogen-bond acceptors (Lipinski definition) is 2. The quantitative estimate of drug-likeness (QED) is 0.834. The normalized spacial score (nSPS) is 23.5. The maximum Gasteiger partial charge on any atom is 0.226 e. The molecule has 0 spiro atoms. The number of amides is 1. The largest absolute Gasteiger partial charge is 0.342 e. The molecule has 2 aliphatic rings. The maximum atomic E-state index is 12.5. The summed E-state index contributed by atoms with van der Waals surface area (Å²) in [6.07, 6.45) is 4.56. The molecular weight excluding hydrogens is 328 g/mol. The molecule has 2 saturated heterocycles. The van der Waals surface area contributed by atoms with Crippen molar-refractivity contribution < 1.29 is 4.79 Å². The van der Waals surface area contributed by atoms with Crippen molar-refractivity contribution in [3.05, 3.63) is 34.3 Å². The summed E-state index contributed by atoms with van der Waals surface area (Å²) in [5.74, 6) is 0.607. The fourth-order valence-corrected chi connectivity index (χ4v) is 3.94. The van der Waals surface area contributed by atoms with Crippen LogP contribution in [0.3, 0.4) is 0 Å². The zero-order chi connectivity index (χ0) is 14.7. The molecule has 4 heteroatoms. The molecule has 0 aromatic heterocycles. The first kappa shape index (κ1) is 15.0. The Bertz CT molecular complexity index is 499. The van der Waals surface area contributed by atoms with Gasteiger partial charge in [0.15, 0.2) is 0 Å². The van der Waals surface area contributed by atoms with Crippen LogP contribution in [-0.4, -0.2) is 41.9 Å². The van der Waals surface area contributed by atoms with Gasteiger partial charge in [-0.15, -0.1) is 0 Å². The van der Waals surface area contributed by atoms with Crippen LogP contribution in [0, 0.1) is 5.92 Å². The van der Waals surface area contributed by atoms with Crippen LogP contribution < -0.4 is 0 Å².